The average molecular weight is 358 g/mol. The van der Waals surface area contributed by atoms with Crippen LogP contribution in [-0.2, 0) is 16.1 Å². The Hall–Kier alpha value is -3.22. The second-order valence-electron chi connectivity index (χ2n) is 5.49. The Labute approximate surface area is 149 Å². The highest BCUT2D eigenvalue weighted by molar-refractivity contribution is 5.96. The Bertz CT molecular complexity index is 948. The number of ether oxygens (including phenoxy) is 3. The van der Waals surface area contributed by atoms with E-state index in [0.717, 1.165) is 5.39 Å². The van der Waals surface area contributed by atoms with Crippen molar-refractivity contribution in [2.75, 3.05) is 13.7 Å². The number of benzene rings is 1. The fourth-order valence-electron chi connectivity index (χ4n) is 2.58. The van der Waals surface area contributed by atoms with Gasteiger partial charge in [-0.25, -0.2) is 9.59 Å². The van der Waals surface area contributed by atoms with E-state index in [9.17, 15) is 9.59 Å². The zero-order valence-corrected chi connectivity index (χ0v) is 14.7. The summed E-state index contributed by atoms with van der Waals surface area (Å²) in [7, 11) is 1.24. The van der Waals surface area contributed by atoms with Gasteiger partial charge in [-0.15, -0.1) is 0 Å². The van der Waals surface area contributed by atoms with Crippen LogP contribution in [0.1, 0.15) is 39.2 Å². The first-order valence-electron chi connectivity index (χ1n) is 8.02. The van der Waals surface area contributed by atoms with E-state index in [4.69, 9.17) is 18.3 Å². The molecule has 7 nitrogen and oxygen atoms in total. The van der Waals surface area contributed by atoms with Crippen molar-refractivity contribution in [3.05, 3.63) is 53.2 Å². The maximum atomic E-state index is 12.4. The van der Waals surface area contributed by atoms with E-state index in [1.807, 2.05) is 13.0 Å². The van der Waals surface area contributed by atoms with Crippen LogP contribution in [0.15, 0.2) is 39.4 Å². The summed E-state index contributed by atoms with van der Waals surface area (Å²) in [5.74, 6) is -0.456. The van der Waals surface area contributed by atoms with Gasteiger partial charge >= 0.3 is 11.9 Å². The molecule has 1 aromatic carbocycles. The SMILES string of the molecule is CCOc1ccc2oc(C(=O)OCc3ccoc3C(=O)OC)c(C)c2c1. The molecule has 0 fully saturated rings. The van der Waals surface area contributed by atoms with E-state index in [-0.39, 0.29) is 18.1 Å². The lowest BCUT2D eigenvalue weighted by atomic mass is 10.1. The van der Waals surface area contributed by atoms with Crippen LogP contribution in [0.5, 0.6) is 5.75 Å². The summed E-state index contributed by atoms with van der Waals surface area (Å²) >= 11 is 0. The molecule has 2 aromatic heterocycles. The summed E-state index contributed by atoms with van der Waals surface area (Å²) in [4.78, 5) is 24.0. The maximum Gasteiger partial charge on any atom is 0.374 e. The second kappa shape index (κ2) is 7.35. The average Bonchev–Trinajstić information content (AvgIpc) is 3.24. The number of aryl methyl sites for hydroxylation is 1. The smallest absolute Gasteiger partial charge is 0.374 e. The third-order valence-corrected chi connectivity index (χ3v) is 3.88. The van der Waals surface area contributed by atoms with Crippen LogP contribution < -0.4 is 4.74 Å². The van der Waals surface area contributed by atoms with Crippen molar-refractivity contribution in [1.82, 2.24) is 0 Å². The molecule has 26 heavy (non-hydrogen) atoms. The van der Waals surface area contributed by atoms with Gasteiger partial charge < -0.3 is 23.0 Å². The van der Waals surface area contributed by atoms with Crippen LogP contribution in [0.4, 0.5) is 0 Å². The molecule has 0 bridgehead atoms. The van der Waals surface area contributed by atoms with Gasteiger partial charge in [0.05, 0.1) is 20.0 Å². The predicted octanol–water partition coefficient (Wildman–Crippen LogP) is 3.88. The summed E-state index contributed by atoms with van der Waals surface area (Å²) in [5, 5.41) is 0.779. The molecule has 2 heterocycles. The van der Waals surface area contributed by atoms with Crippen molar-refractivity contribution in [2.24, 2.45) is 0 Å². The van der Waals surface area contributed by atoms with Crippen molar-refractivity contribution in [1.29, 1.82) is 0 Å². The third-order valence-electron chi connectivity index (χ3n) is 3.88. The Balaban J connectivity index is 1.79. The van der Waals surface area contributed by atoms with Gasteiger partial charge in [-0.2, -0.15) is 0 Å². The lowest BCUT2D eigenvalue weighted by Crippen LogP contribution is -2.08. The second-order valence-corrected chi connectivity index (χ2v) is 5.49. The molecular weight excluding hydrogens is 340 g/mol. The molecule has 3 aromatic rings. The molecule has 0 aliphatic rings. The van der Waals surface area contributed by atoms with Gasteiger partial charge in [0, 0.05) is 16.5 Å². The number of hydrogen-bond donors (Lipinski definition) is 0. The van der Waals surface area contributed by atoms with E-state index >= 15 is 0 Å². The van der Waals surface area contributed by atoms with Gasteiger partial charge in [0.15, 0.2) is 0 Å². The quantitative estimate of drug-likeness (QED) is 0.618. The van der Waals surface area contributed by atoms with Gasteiger partial charge in [0.1, 0.15) is 17.9 Å². The fraction of sp³-hybridized carbons (Fsp3) is 0.263. The molecule has 0 unspecified atom stereocenters. The van der Waals surface area contributed by atoms with Crippen molar-refractivity contribution < 1.29 is 32.6 Å². The minimum Gasteiger partial charge on any atom is -0.494 e. The van der Waals surface area contributed by atoms with Crippen LogP contribution in [0, 0.1) is 6.92 Å². The number of rotatable bonds is 6. The predicted molar refractivity (Wildman–Crippen MR) is 91.3 cm³/mol. The van der Waals surface area contributed by atoms with Crippen molar-refractivity contribution in [2.45, 2.75) is 20.5 Å². The Kier molecular flexibility index (Phi) is 4.97. The van der Waals surface area contributed by atoms with Gasteiger partial charge in [-0.3, -0.25) is 0 Å². The molecule has 0 aliphatic heterocycles. The summed E-state index contributed by atoms with van der Waals surface area (Å²) < 4.78 is 26.0. The lowest BCUT2D eigenvalue weighted by molar-refractivity contribution is 0.0423. The Morgan fingerprint density at radius 3 is 2.65 bits per heavy atom. The maximum absolute atomic E-state index is 12.4. The monoisotopic (exact) mass is 358 g/mol. The summed E-state index contributed by atoms with van der Waals surface area (Å²) in [6, 6.07) is 6.88. The van der Waals surface area contributed by atoms with Crippen LogP contribution in [0.3, 0.4) is 0 Å². The molecule has 0 spiro atoms. The first-order chi connectivity index (χ1) is 12.5. The first kappa shape index (κ1) is 17.6. The standard InChI is InChI=1S/C19H18O7/c1-4-23-13-5-6-15-14(9-13)11(2)16(26-15)19(21)25-10-12-7-8-24-17(12)18(20)22-3/h5-9H,4,10H2,1-3H3. The number of esters is 2. The molecule has 0 amide bonds. The molecule has 0 saturated carbocycles. The molecule has 0 aliphatic carbocycles. The number of carbonyl (C=O) groups is 2. The van der Waals surface area contributed by atoms with Gasteiger partial charge in [0.25, 0.3) is 0 Å². The summed E-state index contributed by atoms with van der Waals surface area (Å²) in [5.41, 5.74) is 1.64. The molecule has 0 saturated heterocycles. The third kappa shape index (κ3) is 3.28. The van der Waals surface area contributed by atoms with E-state index < -0.39 is 11.9 Å². The minimum atomic E-state index is -0.635. The normalized spacial score (nSPS) is 10.7. The van der Waals surface area contributed by atoms with Crippen molar-refractivity contribution in [3.63, 3.8) is 0 Å². The summed E-state index contributed by atoms with van der Waals surface area (Å²) in [6.07, 6.45) is 1.33. The first-order valence-corrected chi connectivity index (χ1v) is 8.02. The zero-order valence-electron chi connectivity index (χ0n) is 14.7. The number of fused-ring (bicyclic) bond motifs is 1. The van der Waals surface area contributed by atoms with Crippen LogP contribution in [-0.4, -0.2) is 25.7 Å². The molecule has 3 rings (SSSR count). The van der Waals surface area contributed by atoms with E-state index in [0.29, 0.717) is 29.1 Å². The van der Waals surface area contributed by atoms with Crippen LogP contribution >= 0.6 is 0 Å². The van der Waals surface area contributed by atoms with Crippen LogP contribution in [0.25, 0.3) is 11.0 Å². The molecule has 0 radical (unpaired) electrons. The number of hydrogen-bond acceptors (Lipinski definition) is 7. The molecule has 136 valence electrons. The Morgan fingerprint density at radius 1 is 1.12 bits per heavy atom. The topological polar surface area (TPSA) is 88.1 Å². The van der Waals surface area contributed by atoms with E-state index in [1.54, 1.807) is 25.1 Å². The zero-order chi connectivity index (χ0) is 18.7. The van der Waals surface area contributed by atoms with E-state index in [2.05, 4.69) is 4.74 Å². The molecule has 0 N–H and O–H groups in total. The number of methoxy groups -OCH3 is 1. The van der Waals surface area contributed by atoms with Gasteiger partial charge in [-0.1, -0.05) is 0 Å². The van der Waals surface area contributed by atoms with Gasteiger partial charge in [0.2, 0.25) is 11.5 Å². The van der Waals surface area contributed by atoms with Gasteiger partial charge in [-0.05, 0) is 38.1 Å². The number of furan rings is 2. The Morgan fingerprint density at radius 2 is 1.92 bits per heavy atom. The van der Waals surface area contributed by atoms with Crippen molar-refractivity contribution in [3.8, 4) is 5.75 Å². The minimum absolute atomic E-state index is 0.00276. The molecular formula is C19H18O7. The lowest BCUT2D eigenvalue weighted by Gasteiger charge is -2.03. The molecule has 0 atom stereocenters. The highest BCUT2D eigenvalue weighted by Gasteiger charge is 2.22. The highest BCUT2D eigenvalue weighted by atomic mass is 16.5. The fourth-order valence-corrected chi connectivity index (χ4v) is 2.58. The summed E-state index contributed by atoms with van der Waals surface area (Å²) in [6.45, 7) is 4.08. The number of carbonyl (C=O) groups excluding carboxylic acids is 2. The van der Waals surface area contributed by atoms with E-state index in [1.165, 1.54) is 13.4 Å². The van der Waals surface area contributed by atoms with Crippen molar-refractivity contribution >= 4 is 22.9 Å². The largest absolute Gasteiger partial charge is 0.494 e. The molecule has 7 heteroatoms. The van der Waals surface area contributed by atoms with Crippen LogP contribution in [0.2, 0.25) is 0 Å². The highest BCUT2D eigenvalue weighted by Crippen LogP contribution is 2.29.